The molecule has 6 heteroatoms. The van der Waals surface area contributed by atoms with Crippen LogP contribution >= 0.6 is 23.2 Å². The summed E-state index contributed by atoms with van der Waals surface area (Å²) in [5.41, 5.74) is 1.64. The van der Waals surface area contributed by atoms with Gasteiger partial charge in [0.05, 0.1) is 6.42 Å². The predicted molar refractivity (Wildman–Crippen MR) is 115 cm³/mol. The average Bonchev–Trinajstić information content (AvgIpc) is 2.67. The third-order valence-electron chi connectivity index (χ3n) is 4.72. The lowest BCUT2D eigenvalue weighted by Crippen LogP contribution is -2.49. The van der Waals surface area contributed by atoms with Crippen molar-refractivity contribution in [3.8, 4) is 0 Å². The van der Waals surface area contributed by atoms with Crippen molar-refractivity contribution in [3.05, 3.63) is 69.7 Å². The summed E-state index contributed by atoms with van der Waals surface area (Å²) in [5.74, 6) is -0.315. The van der Waals surface area contributed by atoms with Crippen LogP contribution in [0.15, 0.2) is 48.5 Å². The van der Waals surface area contributed by atoms with Gasteiger partial charge in [-0.2, -0.15) is 0 Å². The second-order valence-corrected chi connectivity index (χ2v) is 7.76. The SMILES string of the molecule is CC[C@H](C)NC(=O)[C@@H](C)N(Cc1ccc(Cl)cc1Cl)C(=O)Cc1ccccc1. The fourth-order valence-electron chi connectivity index (χ4n) is 2.75. The van der Waals surface area contributed by atoms with E-state index in [4.69, 9.17) is 23.2 Å². The van der Waals surface area contributed by atoms with Gasteiger partial charge in [0.1, 0.15) is 6.04 Å². The van der Waals surface area contributed by atoms with Crippen LogP contribution in [0.3, 0.4) is 0 Å². The third kappa shape index (κ3) is 6.25. The van der Waals surface area contributed by atoms with Crippen LogP contribution in [0.1, 0.15) is 38.3 Å². The maximum Gasteiger partial charge on any atom is 0.242 e. The Morgan fingerprint density at radius 3 is 2.36 bits per heavy atom. The van der Waals surface area contributed by atoms with E-state index in [1.54, 1.807) is 30.0 Å². The molecule has 150 valence electrons. The highest BCUT2D eigenvalue weighted by atomic mass is 35.5. The molecule has 2 aromatic carbocycles. The minimum Gasteiger partial charge on any atom is -0.352 e. The predicted octanol–water partition coefficient (Wildman–Crippen LogP) is 4.87. The summed E-state index contributed by atoms with van der Waals surface area (Å²) in [7, 11) is 0. The van der Waals surface area contributed by atoms with E-state index in [1.807, 2.05) is 44.2 Å². The highest BCUT2D eigenvalue weighted by Crippen LogP contribution is 2.23. The van der Waals surface area contributed by atoms with Gasteiger partial charge in [-0.25, -0.2) is 0 Å². The number of benzene rings is 2. The summed E-state index contributed by atoms with van der Waals surface area (Å²) in [6, 6.07) is 14.1. The maximum atomic E-state index is 13.1. The van der Waals surface area contributed by atoms with E-state index >= 15 is 0 Å². The number of hydrogen-bond acceptors (Lipinski definition) is 2. The Balaban J connectivity index is 2.25. The van der Waals surface area contributed by atoms with Crippen LogP contribution in [0.25, 0.3) is 0 Å². The van der Waals surface area contributed by atoms with Gasteiger partial charge >= 0.3 is 0 Å². The Labute approximate surface area is 176 Å². The van der Waals surface area contributed by atoms with Crippen LogP contribution < -0.4 is 5.32 Å². The van der Waals surface area contributed by atoms with Crippen molar-refractivity contribution < 1.29 is 9.59 Å². The lowest BCUT2D eigenvalue weighted by molar-refractivity contribution is -0.140. The van der Waals surface area contributed by atoms with E-state index in [0.29, 0.717) is 10.0 Å². The van der Waals surface area contributed by atoms with Crippen LogP contribution in [-0.4, -0.2) is 28.8 Å². The first-order valence-electron chi connectivity index (χ1n) is 9.39. The van der Waals surface area contributed by atoms with Crippen molar-refractivity contribution in [3.63, 3.8) is 0 Å². The summed E-state index contributed by atoms with van der Waals surface area (Å²) in [6.45, 7) is 5.92. The molecule has 0 saturated heterocycles. The lowest BCUT2D eigenvalue weighted by Gasteiger charge is -2.30. The Kier molecular flexibility index (Phi) is 8.34. The van der Waals surface area contributed by atoms with E-state index < -0.39 is 6.04 Å². The molecular weight excluding hydrogens is 395 g/mol. The molecule has 0 aliphatic heterocycles. The molecule has 2 atom stereocenters. The highest BCUT2D eigenvalue weighted by molar-refractivity contribution is 6.35. The fourth-order valence-corrected chi connectivity index (χ4v) is 3.22. The van der Waals surface area contributed by atoms with Gasteiger partial charge in [0.25, 0.3) is 0 Å². The molecule has 0 aliphatic carbocycles. The molecule has 2 rings (SSSR count). The molecule has 0 radical (unpaired) electrons. The van der Waals surface area contributed by atoms with Crippen LogP contribution in [-0.2, 0) is 22.6 Å². The maximum absolute atomic E-state index is 13.1. The molecule has 28 heavy (non-hydrogen) atoms. The van der Waals surface area contributed by atoms with Gasteiger partial charge in [-0.05, 0) is 43.5 Å². The second-order valence-electron chi connectivity index (χ2n) is 6.91. The molecular formula is C22H26Cl2N2O2. The first-order valence-corrected chi connectivity index (χ1v) is 10.1. The molecule has 0 aromatic heterocycles. The van der Waals surface area contributed by atoms with Crippen molar-refractivity contribution in [2.75, 3.05) is 0 Å². The number of carbonyl (C=O) groups is 2. The topological polar surface area (TPSA) is 49.4 Å². The smallest absolute Gasteiger partial charge is 0.242 e. The van der Waals surface area contributed by atoms with Crippen LogP contribution in [0, 0.1) is 0 Å². The summed E-state index contributed by atoms with van der Waals surface area (Å²) in [6.07, 6.45) is 1.03. The minimum absolute atomic E-state index is 0.0418. The van der Waals surface area contributed by atoms with Gasteiger partial charge in [-0.1, -0.05) is 66.5 Å². The molecule has 0 bridgehead atoms. The highest BCUT2D eigenvalue weighted by Gasteiger charge is 2.27. The Bertz CT molecular complexity index is 811. The van der Waals surface area contributed by atoms with Crippen molar-refractivity contribution in [2.45, 2.75) is 52.2 Å². The molecule has 0 saturated carbocycles. The van der Waals surface area contributed by atoms with E-state index in [2.05, 4.69) is 5.32 Å². The quantitative estimate of drug-likeness (QED) is 0.661. The second kappa shape index (κ2) is 10.5. The summed E-state index contributed by atoms with van der Waals surface area (Å²) < 4.78 is 0. The summed E-state index contributed by atoms with van der Waals surface area (Å²) in [4.78, 5) is 27.3. The van der Waals surface area contributed by atoms with Crippen molar-refractivity contribution >= 4 is 35.0 Å². The average molecular weight is 421 g/mol. The van der Waals surface area contributed by atoms with Crippen LogP contribution in [0.5, 0.6) is 0 Å². The molecule has 0 unspecified atom stereocenters. The first kappa shape index (κ1) is 22.3. The zero-order chi connectivity index (χ0) is 20.7. The lowest BCUT2D eigenvalue weighted by atomic mass is 10.1. The molecule has 4 nitrogen and oxygen atoms in total. The van der Waals surface area contributed by atoms with Gasteiger partial charge in [0, 0.05) is 22.6 Å². The first-order chi connectivity index (χ1) is 13.3. The summed E-state index contributed by atoms with van der Waals surface area (Å²) >= 11 is 12.3. The zero-order valence-corrected chi connectivity index (χ0v) is 17.9. The molecule has 0 aliphatic rings. The largest absolute Gasteiger partial charge is 0.352 e. The monoisotopic (exact) mass is 420 g/mol. The van der Waals surface area contributed by atoms with Crippen molar-refractivity contribution in [1.82, 2.24) is 10.2 Å². The molecule has 0 spiro atoms. The van der Waals surface area contributed by atoms with E-state index in [1.165, 1.54) is 0 Å². The van der Waals surface area contributed by atoms with Crippen molar-refractivity contribution in [1.29, 1.82) is 0 Å². The number of rotatable bonds is 8. The van der Waals surface area contributed by atoms with E-state index in [-0.39, 0.29) is 30.8 Å². The van der Waals surface area contributed by atoms with Gasteiger partial charge in [-0.3, -0.25) is 9.59 Å². The molecule has 2 aromatic rings. The zero-order valence-electron chi connectivity index (χ0n) is 16.4. The number of nitrogens with one attached hydrogen (secondary N) is 1. The number of halogens is 2. The van der Waals surface area contributed by atoms with E-state index in [9.17, 15) is 9.59 Å². The molecule has 0 heterocycles. The minimum atomic E-state index is -0.628. The number of hydrogen-bond donors (Lipinski definition) is 1. The normalized spacial score (nSPS) is 12.9. The Morgan fingerprint density at radius 2 is 1.75 bits per heavy atom. The van der Waals surface area contributed by atoms with Gasteiger partial charge in [-0.15, -0.1) is 0 Å². The molecule has 1 N–H and O–H groups in total. The number of nitrogens with zero attached hydrogens (tertiary/aromatic N) is 1. The Hall–Kier alpha value is -2.04. The molecule has 0 fully saturated rings. The Morgan fingerprint density at radius 1 is 1.07 bits per heavy atom. The molecule has 2 amide bonds. The van der Waals surface area contributed by atoms with Gasteiger partial charge < -0.3 is 10.2 Å². The van der Waals surface area contributed by atoms with Gasteiger partial charge in [0.15, 0.2) is 0 Å². The standard InChI is InChI=1S/C22H26Cl2N2O2/c1-4-15(2)25-22(28)16(3)26(14-18-10-11-19(23)13-20(18)24)21(27)12-17-8-6-5-7-9-17/h5-11,13,15-16H,4,12,14H2,1-3H3,(H,25,28)/t15-,16+/m0/s1. The van der Waals surface area contributed by atoms with Gasteiger partial charge in [0.2, 0.25) is 11.8 Å². The van der Waals surface area contributed by atoms with Crippen molar-refractivity contribution in [2.24, 2.45) is 0 Å². The third-order valence-corrected chi connectivity index (χ3v) is 5.31. The van der Waals surface area contributed by atoms with E-state index in [0.717, 1.165) is 17.5 Å². The van der Waals surface area contributed by atoms with Crippen LogP contribution in [0.4, 0.5) is 0 Å². The van der Waals surface area contributed by atoms with Crippen LogP contribution in [0.2, 0.25) is 10.0 Å². The number of amides is 2. The number of carbonyl (C=O) groups excluding carboxylic acids is 2. The fraction of sp³-hybridized carbons (Fsp3) is 0.364. The summed E-state index contributed by atoms with van der Waals surface area (Å²) in [5, 5.41) is 3.95.